The van der Waals surface area contributed by atoms with Crippen molar-refractivity contribution in [2.45, 2.75) is 12.8 Å². The smallest absolute Gasteiger partial charge is 0.319 e. The maximum Gasteiger partial charge on any atom is 0.319 e. The van der Waals surface area contributed by atoms with Crippen molar-refractivity contribution >= 4 is 70.0 Å². The third-order valence-corrected chi connectivity index (χ3v) is 7.20. The minimum atomic E-state index is -1.33. The molecule has 0 saturated heterocycles. The van der Waals surface area contributed by atoms with Gasteiger partial charge in [-0.05, 0) is 42.8 Å². The monoisotopic (exact) mass is 567 g/mol. The molecule has 0 spiro atoms. The van der Waals surface area contributed by atoms with Crippen LogP contribution in [0, 0.1) is 17.2 Å². The number of nitrogens with zero attached hydrogens (tertiary/aromatic N) is 1. The number of ether oxygens (including phenoxy) is 2. The van der Waals surface area contributed by atoms with Gasteiger partial charge < -0.3 is 20.1 Å². The molecule has 1 aliphatic heterocycles. The number of hydrogen-bond acceptors (Lipinski definition) is 7. The van der Waals surface area contributed by atoms with Crippen LogP contribution >= 0.6 is 46.6 Å². The van der Waals surface area contributed by atoms with E-state index in [0.29, 0.717) is 28.6 Å². The Bertz CT molecular complexity index is 1280. The van der Waals surface area contributed by atoms with Gasteiger partial charge in [-0.15, -0.1) is 0 Å². The second-order valence-electron chi connectivity index (χ2n) is 7.41. The third-order valence-electron chi connectivity index (χ3n) is 5.15. The maximum absolute atomic E-state index is 13.0. The minimum Gasteiger partial charge on any atom is -0.492 e. The van der Waals surface area contributed by atoms with Crippen LogP contribution in [0.15, 0.2) is 47.0 Å². The van der Waals surface area contributed by atoms with Gasteiger partial charge >= 0.3 is 5.97 Å². The van der Waals surface area contributed by atoms with Crippen molar-refractivity contribution in [3.8, 4) is 11.8 Å². The second-order valence-corrected chi connectivity index (χ2v) is 9.62. The van der Waals surface area contributed by atoms with Crippen LogP contribution in [0.1, 0.15) is 18.4 Å². The molecule has 2 amide bonds. The number of esters is 1. The summed E-state index contributed by atoms with van der Waals surface area (Å²) in [6.07, 6.45) is 0. The van der Waals surface area contributed by atoms with E-state index >= 15 is 0 Å². The second kappa shape index (κ2) is 12.4. The lowest BCUT2D eigenvalue weighted by atomic mass is 9.78. The summed E-state index contributed by atoms with van der Waals surface area (Å²) in [4.78, 5) is 38.0. The van der Waals surface area contributed by atoms with Gasteiger partial charge in [0.15, 0.2) is 0 Å². The van der Waals surface area contributed by atoms with E-state index in [-0.39, 0.29) is 26.4 Å². The predicted molar refractivity (Wildman–Crippen MR) is 139 cm³/mol. The van der Waals surface area contributed by atoms with E-state index in [4.69, 9.17) is 44.3 Å². The van der Waals surface area contributed by atoms with E-state index in [1.165, 1.54) is 6.07 Å². The van der Waals surface area contributed by atoms with Crippen LogP contribution in [-0.2, 0) is 19.1 Å². The molecule has 8 nitrogen and oxygen atoms in total. The van der Waals surface area contributed by atoms with E-state index in [2.05, 4.69) is 16.7 Å². The first-order valence-corrected chi connectivity index (χ1v) is 12.6. The van der Waals surface area contributed by atoms with E-state index in [1.807, 2.05) is 0 Å². The quantitative estimate of drug-likeness (QED) is 0.334. The first-order valence-electron chi connectivity index (χ1n) is 10.5. The van der Waals surface area contributed by atoms with E-state index in [0.717, 1.165) is 18.9 Å². The highest BCUT2D eigenvalue weighted by molar-refractivity contribution is 8.03. The van der Waals surface area contributed by atoms with Crippen LogP contribution in [0.25, 0.3) is 0 Å². The molecule has 2 atom stereocenters. The number of halogens is 3. The van der Waals surface area contributed by atoms with Crippen LogP contribution < -0.4 is 15.4 Å². The average molecular weight is 569 g/mol. The lowest BCUT2D eigenvalue weighted by Gasteiger charge is -2.31. The van der Waals surface area contributed by atoms with Crippen LogP contribution in [0.3, 0.4) is 0 Å². The fourth-order valence-corrected chi connectivity index (χ4v) is 4.96. The molecule has 0 aromatic heterocycles. The van der Waals surface area contributed by atoms with Crippen molar-refractivity contribution in [2.75, 3.05) is 24.8 Å². The third kappa shape index (κ3) is 6.26. The number of anilines is 1. The summed E-state index contributed by atoms with van der Waals surface area (Å²) in [5, 5.41) is 16.3. The zero-order valence-corrected chi connectivity index (χ0v) is 22.1. The maximum atomic E-state index is 13.0. The van der Waals surface area contributed by atoms with E-state index < -0.39 is 29.6 Å². The summed E-state index contributed by atoms with van der Waals surface area (Å²) in [6, 6.07) is 11.5. The molecule has 0 aliphatic carbocycles. The van der Waals surface area contributed by atoms with Gasteiger partial charge in [-0.2, -0.15) is 5.26 Å². The van der Waals surface area contributed by atoms with Gasteiger partial charge in [-0.3, -0.25) is 14.4 Å². The number of carbonyl (C=O) groups is 3. The van der Waals surface area contributed by atoms with Crippen LogP contribution in [-0.4, -0.2) is 37.3 Å². The summed E-state index contributed by atoms with van der Waals surface area (Å²) >= 11 is 19.2. The fourth-order valence-electron chi connectivity index (χ4n) is 3.57. The van der Waals surface area contributed by atoms with Crippen molar-refractivity contribution in [1.29, 1.82) is 5.26 Å². The molecular formula is C24H20Cl3N3O5S. The standard InChI is InChI=1S/C24H20Cl3N3O5S/c1-3-35-18-7-4-12(8-17(18)27)20-14(10-28)23(30-22(32)21(20)24(33)34-2)36-11-19(31)29-13-5-6-15(25)16(26)9-13/h4-9,20-21H,3,11H2,1-2H3,(H,29,31)(H,30,32)/t20-,21-/m0/s1. The predicted octanol–water partition coefficient (Wildman–Crippen LogP) is 5.16. The molecule has 1 heterocycles. The Balaban J connectivity index is 1.91. The zero-order chi connectivity index (χ0) is 26.4. The molecule has 2 aromatic rings. The Labute approximate surface area is 226 Å². The number of hydrogen-bond donors (Lipinski definition) is 2. The lowest BCUT2D eigenvalue weighted by molar-refractivity contribution is -0.150. The Hall–Kier alpha value is -2.90. The van der Waals surface area contributed by atoms with Crippen LogP contribution in [0.4, 0.5) is 5.69 Å². The number of nitriles is 1. The Morgan fingerprint density at radius 3 is 2.50 bits per heavy atom. The van der Waals surface area contributed by atoms with Gasteiger partial charge in [0.05, 0.1) is 51.2 Å². The summed E-state index contributed by atoms with van der Waals surface area (Å²) in [6.45, 7) is 2.20. The van der Waals surface area contributed by atoms with Gasteiger partial charge in [-0.1, -0.05) is 52.6 Å². The number of thioether (sulfide) groups is 1. The number of benzene rings is 2. The van der Waals surface area contributed by atoms with Crippen molar-refractivity contribution in [3.05, 3.63) is 67.6 Å². The molecular weight excluding hydrogens is 549 g/mol. The van der Waals surface area contributed by atoms with Crippen molar-refractivity contribution in [2.24, 2.45) is 5.92 Å². The lowest BCUT2D eigenvalue weighted by Crippen LogP contribution is -2.44. The van der Waals surface area contributed by atoms with Crippen LogP contribution in [0.2, 0.25) is 15.1 Å². The Morgan fingerprint density at radius 1 is 1.14 bits per heavy atom. The summed E-state index contributed by atoms with van der Waals surface area (Å²) < 4.78 is 10.3. The molecule has 188 valence electrons. The topological polar surface area (TPSA) is 118 Å². The Morgan fingerprint density at radius 2 is 1.89 bits per heavy atom. The molecule has 0 unspecified atom stereocenters. The first-order chi connectivity index (χ1) is 17.2. The molecule has 0 fully saturated rings. The molecule has 2 aromatic carbocycles. The van der Waals surface area contributed by atoms with Crippen LogP contribution in [0.5, 0.6) is 5.75 Å². The first kappa shape index (κ1) is 27.7. The van der Waals surface area contributed by atoms with Gasteiger partial charge in [0.1, 0.15) is 11.7 Å². The highest BCUT2D eigenvalue weighted by atomic mass is 35.5. The highest BCUT2D eigenvalue weighted by Crippen LogP contribution is 2.42. The molecule has 36 heavy (non-hydrogen) atoms. The van der Waals surface area contributed by atoms with Gasteiger partial charge in [0.2, 0.25) is 11.8 Å². The van der Waals surface area contributed by atoms with E-state index in [1.54, 1.807) is 37.3 Å². The number of carbonyl (C=O) groups excluding carboxylic acids is 3. The fraction of sp³-hybridized carbons (Fsp3) is 0.250. The number of allylic oxidation sites excluding steroid dienone is 1. The van der Waals surface area contributed by atoms with Gasteiger partial charge in [0.25, 0.3) is 0 Å². The van der Waals surface area contributed by atoms with Crippen molar-refractivity contribution in [1.82, 2.24) is 5.32 Å². The molecule has 3 rings (SSSR count). The van der Waals surface area contributed by atoms with Gasteiger partial charge in [-0.25, -0.2) is 0 Å². The van der Waals surface area contributed by atoms with E-state index in [9.17, 15) is 19.6 Å². The molecule has 0 radical (unpaired) electrons. The molecule has 0 bridgehead atoms. The Kier molecular flexibility index (Phi) is 9.51. The highest BCUT2D eigenvalue weighted by Gasteiger charge is 2.44. The largest absolute Gasteiger partial charge is 0.492 e. The minimum absolute atomic E-state index is 0.0950. The van der Waals surface area contributed by atoms with Gasteiger partial charge in [0, 0.05) is 11.6 Å². The number of nitrogens with one attached hydrogen (secondary N) is 2. The summed E-state index contributed by atoms with van der Waals surface area (Å²) in [5.41, 5.74) is 0.978. The summed E-state index contributed by atoms with van der Waals surface area (Å²) in [7, 11) is 1.16. The molecule has 12 heteroatoms. The molecule has 1 aliphatic rings. The summed E-state index contributed by atoms with van der Waals surface area (Å²) in [5.74, 6) is -3.90. The number of rotatable bonds is 8. The zero-order valence-electron chi connectivity index (χ0n) is 19.1. The van der Waals surface area contributed by atoms with Crippen molar-refractivity contribution in [3.63, 3.8) is 0 Å². The SMILES string of the molecule is CCOc1ccc([C@H]2C(C#N)=C(SCC(=O)Nc3ccc(Cl)c(Cl)c3)NC(=O)[C@H]2C(=O)OC)cc1Cl. The molecule has 2 N–H and O–H groups in total. The molecule has 0 saturated carbocycles. The normalized spacial score (nSPS) is 17.2. The number of amides is 2. The van der Waals surface area contributed by atoms with Crippen molar-refractivity contribution < 1.29 is 23.9 Å². The average Bonchev–Trinajstić information content (AvgIpc) is 2.85. The number of methoxy groups -OCH3 is 1.